The van der Waals surface area contributed by atoms with Gasteiger partial charge in [0, 0.05) is 5.56 Å². The van der Waals surface area contributed by atoms with Gasteiger partial charge in [-0.15, -0.1) is 11.6 Å². The number of alkyl halides is 1. The quantitative estimate of drug-likeness (QED) is 0.621. The lowest BCUT2D eigenvalue weighted by Gasteiger charge is -1.99. The van der Waals surface area contributed by atoms with Crippen LogP contribution in [0, 0.1) is 0 Å². The Bertz CT molecular complexity index is 523. The van der Waals surface area contributed by atoms with Crippen LogP contribution >= 0.6 is 11.6 Å². The van der Waals surface area contributed by atoms with Crippen molar-refractivity contribution >= 4 is 17.6 Å². The molecule has 4 nitrogen and oxygen atoms in total. The van der Waals surface area contributed by atoms with Crippen molar-refractivity contribution < 1.29 is 9.53 Å². The second kappa shape index (κ2) is 5.01. The number of carbonyl (C=O) groups is 1. The summed E-state index contributed by atoms with van der Waals surface area (Å²) in [5.74, 6) is -0.444. The van der Waals surface area contributed by atoms with Gasteiger partial charge in [0.25, 0.3) is 0 Å². The lowest BCUT2D eigenvalue weighted by molar-refractivity contribution is 0.0588. The first-order valence-corrected chi connectivity index (χ1v) is 5.57. The van der Waals surface area contributed by atoms with Gasteiger partial charge in [-0.25, -0.2) is 9.48 Å². The second-order valence-electron chi connectivity index (χ2n) is 3.39. The fourth-order valence-electron chi connectivity index (χ4n) is 1.53. The summed E-state index contributed by atoms with van der Waals surface area (Å²) in [6, 6.07) is 11.4. The first-order valence-electron chi connectivity index (χ1n) is 5.04. The molecule has 0 atom stereocenters. The number of halogens is 1. The van der Waals surface area contributed by atoms with Gasteiger partial charge in [0.15, 0.2) is 0 Å². The summed E-state index contributed by atoms with van der Waals surface area (Å²) in [6.45, 7) is 0. The van der Waals surface area contributed by atoms with Crippen LogP contribution in [0.2, 0.25) is 0 Å². The van der Waals surface area contributed by atoms with Gasteiger partial charge in [0.05, 0.1) is 12.8 Å². The van der Waals surface area contributed by atoms with Crippen LogP contribution < -0.4 is 0 Å². The van der Waals surface area contributed by atoms with Gasteiger partial charge in [-0.1, -0.05) is 30.3 Å². The number of esters is 1. The second-order valence-corrected chi connectivity index (χ2v) is 3.63. The molecule has 0 radical (unpaired) electrons. The van der Waals surface area contributed by atoms with E-state index in [9.17, 15) is 4.79 Å². The molecule has 0 aliphatic heterocycles. The van der Waals surface area contributed by atoms with E-state index < -0.39 is 5.97 Å². The van der Waals surface area contributed by atoms with E-state index in [0.29, 0.717) is 11.4 Å². The van der Waals surface area contributed by atoms with Gasteiger partial charge in [-0.05, 0) is 6.07 Å². The Morgan fingerprint density at radius 2 is 2.12 bits per heavy atom. The number of methoxy groups -OCH3 is 1. The Labute approximate surface area is 104 Å². The minimum absolute atomic E-state index is 0.108. The molecule has 1 aromatic carbocycles. The van der Waals surface area contributed by atoms with Crippen LogP contribution in [0.3, 0.4) is 0 Å². The Morgan fingerprint density at radius 3 is 2.71 bits per heavy atom. The highest BCUT2D eigenvalue weighted by molar-refractivity contribution is 6.15. The molecule has 88 valence electrons. The molecule has 0 saturated carbocycles. The van der Waals surface area contributed by atoms with E-state index in [4.69, 9.17) is 11.6 Å². The number of aromatic nitrogens is 2. The van der Waals surface area contributed by atoms with E-state index in [1.165, 1.54) is 11.8 Å². The van der Waals surface area contributed by atoms with Crippen LogP contribution in [0.5, 0.6) is 0 Å². The standard InChI is InChI=1S/C12H11ClN2O2/c1-17-12(16)11-7-10(14-15(11)8-13)9-5-3-2-4-6-9/h2-7H,8H2,1H3. The molecule has 0 bridgehead atoms. The van der Waals surface area contributed by atoms with Crippen molar-refractivity contribution in [3.05, 3.63) is 42.1 Å². The van der Waals surface area contributed by atoms with E-state index >= 15 is 0 Å². The van der Waals surface area contributed by atoms with Gasteiger partial charge in [0.2, 0.25) is 0 Å². The topological polar surface area (TPSA) is 44.1 Å². The molecular formula is C12H11ClN2O2. The summed E-state index contributed by atoms with van der Waals surface area (Å²) in [5, 5.41) is 4.25. The number of hydrogen-bond donors (Lipinski definition) is 0. The normalized spacial score (nSPS) is 10.2. The zero-order valence-corrected chi connectivity index (χ0v) is 10.0. The van der Waals surface area contributed by atoms with Gasteiger partial charge >= 0.3 is 5.97 Å². The third-order valence-electron chi connectivity index (χ3n) is 2.36. The van der Waals surface area contributed by atoms with Gasteiger partial charge in [-0.3, -0.25) is 0 Å². The molecule has 0 aliphatic carbocycles. The predicted octanol–water partition coefficient (Wildman–Crippen LogP) is 2.53. The first kappa shape index (κ1) is 11.7. The van der Waals surface area contributed by atoms with E-state index in [1.807, 2.05) is 30.3 Å². The molecule has 2 rings (SSSR count). The largest absolute Gasteiger partial charge is 0.464 e. The molecule has 5 heteroatoms. The molecule has 0 spiro atoms. The summed E-state index contributed by atoms with van der Waals surface area (Å²) in [7, 11) is 1.33. The summed E-state index contributed by atoms with van der Waals surface area (Å²) < 4.78 is 6.08. The summed E-state index contributed by atoms with van der Waals surface area (Å²) in [5.41, 5.74) is 1.98. The van der Waals surface area contributed by atoms with Crippen molar-refractivity contribution in [3.8, 4) is 11.3 Å². The van der Waals surface area contributed by atoms with Crippen molar-refractivity contribution in [2.45, 2.75) is 6.00 Å². The minimum atomic E-state index is -0.444. The number of ether oxygens (including phenoxy) is 1. The zero-order chi connectivity index (χ0) is 12.3. The van der Waals surface area contributed by atoms with Crippen LogP contribution in [0.1, 0.15) is 10.5 Å². The lowest BCUT2D eigenvalue weighted by Crippen LogP contribution is -2.09. The Kier molecular flexibility index (Phi) is 3.44. The summed E-state index contributed by atoms with van der Waals surface area (Å²) in [4.78, 5) is 11.5. The average molecular weight is 251 g/mol. The predicted molar refractivity (Wildman–Crippen MR) is 64.9 cm³/mol. The zero-order valence-electron chi connectivity index (χ0n) is 9.26. The van der Waals surface area contributed by atoms with Crippen molar-refractivity contribution in [2.75, 3.05) is 7.11 Å². The number of hydrogen-bond acceptors (Lipinski definition) is 3. The summed E-state index contributed by atoms with van der Waals surface area (Å²) >= 11 is 5.73. The average Bonchev–Trinajstić information content (AvgIpc) is 2.83. The number of benzene rings is 1. The molecule has 0 saturated heterocycles. The van der Waals surface area contributed by atoms with E-state index in [1.54, 1.807) is 6.07 Å². The Hall–Kier alpha value is -1.81. The molecule has 0 unspecified atom stereocenters. The van der Waals surface area contributed by atoms with Crippen LogP contribution in [0.4, 0.5) is 0 Å². The molecular weight excluding hydrogens is 240 g/mol. The molecule has 0 fully saturated rings. The van der Waals surface area contributed by atoms with Crippen LogP contribution in [0.25, 0.3) is 11.3 Å². The van der Waals surface area contributed by atoms with Gasteiger partial charge < -0.3 is 4.74 Å². The monoisotopic (exact) mass is 250 g/mol. The minimum Gasteiger partial charge on any atom is -0.464 e. The highest BCUT2D eigenvalue weighted by Gasteiger charge is 2.15. The van der Waals surface area contributed by atoms with Crippen molar-refractivity contribution in [1.82, 2.24) is 9.78 Å². The highest BCUT2D eigenvalue weighted by atomic mass is 35.5. The molecule has 2 aromatic rings. The number of rotatable bonds is 3. The first-order chi connectivity index (χ1) is 8.26. The van der Waals surface area contributed by atoms with Crippen molar-refractivity contribution in [3.63, 3.8) is 0 Å². The molecule has 1 heterocycles. The summed E-state index contributed by atoms with van der Waals surface area (Å²) in [6.07, 6.45) is 0. The van der Waals surface area contributed by atoms with E-state index in [2.05, 4.69) is 9.84 Å². The fraction of sp³-hybridized carbons (Fsp3) is 0.167. The van der Waals surface area contributed by atoms with E-state index in [0.717, 1.165) is 5.56 Å². The van der Waals surface area contributed by atoms with Crippen molar-refractivity contribution in [2.24, 2.45) is 0 Å². The maximum atomic E-state index is 11.5. The van der Waals surface area contributed by atoms with Gasteiger partial charge in [-0.2, -0.15) is 5.10 Å². The molecule has 0 amide bonds. The number of nitrogens with zero attached hydrogens (tertiary/aromatic N) is 2. The maximum Gasteiger partial charge on any atom is 0.356 e. The molecule has 17 heavy (non-hydrogen) atoms. The maximum absolute atomic E-state index is 11.5. The third kappa shape index (κ3) is 2.31. The van der Waals surface area contributed by atoms with Crippen LogP contribution in [-0.4, -0.2) is 22.9 Å². The molecule has 0 N–H and O–H groups in total. The fourth-order valence-corrected chi connectivity index (χ4v) is 1.71. The highest BCUT2D eigenvalue weighted by Crippen LogP contribution is 2.19. The van der Waals surface area contributed by atoms with Gasteiger partial charge in [0.1, 0.15) is 11.7 Å². The molecule has 1 aromatic heterocycles. The van der Waals surface area contributed by atoms with Crippen molar-refractivity contribution in [1.29, 1.82) is 0 Å². The SMILES string of the molecule is COC(=O)c1cc(-c2ccccc2)nn1CCl. The molecule has 0 aliphatic rings. The third-order valence-corrected chi connectivity index (χ3v) is 2.58. The smallest absolute Gasteiger partial charge is 0.356 e. The Balaban J connectivity index is 2.45. The van der Waals surface area contributed by atoms with Crippen LogP contribution in [-0.2, 0) is 10.7 Å². The lowest BCUT2D eigenvalue weighted by atomic mass is 10.1. The number of carbonyl (C=O) groups excluding carboxylic acids is 1. The van der Waals surface area contributed by atoms with Crippen LogP contribution in [0.15, 0.2) is 36.4 Å². The Morgan fingerprint density at radius 1 is 1.41 bits per heavy atom. The van der Waals surface area contributed by atoms with E-state index in [-0.39, 0.29) is 6.00 Å².